The fourth-order valence-corrected chi connectivity index (χ4v) is 3.42. The lowest BCUT2D eigenvalue weighted by molar-refractivity contribution is -0.143. The highest BCUT2D eigenvalue weighted by Crippen LogP contribution is 2.26. The number of carbonyl (C=O) groups excluding carboxylic acids is 1. The maximum Gasteiger partial charge on any atom is 0.323 e. The summed E-state index contributed by atoms with van der Waals surface area (Å²) in [6, 6.07) is 12.9. The van der Waals surface area contributed by atoms with E-state index in [1.807, 2.05) is 37.3 Å². The van der Waals surface area contributed by atoms with Crippen molar-refractivity contribution in [1.82, 2.24) is 14.7 Å². The number of nitrogens with one attached hydrogen (secondary N) is 1. The minimum Gasteiger partial charge on any atom is -0.481 e. The number of furan rings is 1. The highest BCUT2D eigenvalue weighted by molar-refractivity contribution is 5.89. The van der Waals surface area contributed by atoms with Gasteiger partial charge in [0.05, 0.1) is 17.9 Å². The maximum absolute atomic E-state index is 12.8. The van der Waals surface area contributed by atoms with Crippen molar-refractivity contribution in [3.8, 4) is 17.1 Å². The number of amides is 2. The number of hydrogen-bond acceptors (Lipinski definition) is 4. The largest absolute Gasteiger partial charge is 0.481 e. The van der Waals surface area contributed by atoms with Crippen LogP contribution in [0.15, 0.2) is 53.1 Å². The molecule has 3 aromatic rings. The van der Waals surface area contributed by atoms with Crippen molar-refractivity contribution < 1.29 is 19.1 Å². The predicted molar refractivity (Wildman–Crippen MR) is 107 cm³/mol. The number of likely N-dealkylation sites (tertiary alicyclic amines) is 1. The Bertz CT molecular complexity index is 1000. The molecule has 2 amide bonds. The Hall–Kier alpha value is -3.55. The van der Waals surface area contributed by atoms with Gasteiger partial charge in [0.1, 0.15) is 11.5 Å². The minimum absolute atomic E-state index is 0.270. The van der Waals surface area contributed by atoms with E-state index in [4.69, 9.17) is 9.52 Å². The van der Waals surface area contributed by atoms with E-state index < -0.39 is 5.97 Å². The van der Waals surface area contributed by atoms with Crippen LogP contribution in [0.5, 0.6) is 0 Å². The van der Waals surface area contributed by atoms with Crippen LogP contribution in [-0.2, 0) is 4.79 Å². The Morgan fingerprint density at radius 2 is 1.90 bits per heavy atom. The van der Waals surface area contributed by atoms with Gasteiger partial charge >= 0.3 is 12.0 Å². The molecule has 8 heteroatoms. The summed E-state index contributed by atoms with van der Waals surface area (Å²) in [7, 11) is 0. The summed E-state index contributed by atoms with van der Waals surface area (Å²) in [5, 5.41) is 16.7. The second kappa shape index (κ2) is 7.83. The van der Waals surface area contributed by atoms with Crippen molar-refractivity contribution in [2.75, 3.05) is 18.4 Å². The summed E-state index contributed by atoms with van der Waals surface area (Å²) in [6.07, 6.45) is 2.49. The van der Waals surface area contributed by atoms with Gasteiger partial charge in [0.2, 0.25) is 0 Å². The fraction of sp³-hybridized carbons (Fsp3) is 0.286. The zero-order chi connectivity index (χ0) is 20.4. The van der Waals surface area contributed by atoms with Gasteiger partial charge in [-0.3, -0.25) is 10.1 Å². The summed E-state index contributed by atoms with van der Waals surface area (Å²) in [4.78, 5) is 25.5. The number of aliphatic carboxylic acids is 1. The number of aryl methyl sites for hydroxylation is 1. The van der Waals surface area contributed by atoms with Gasteiger partial charge in [0.15, 0.2) is 5.76 Å². The van der Waals surface area contributed by atoms with Gasteiger partial charge in [0, 0.05) is 19.2 Å². The van der Waals surface area contributed by atoms with Crippen LogP contribution in [0.4, 0.5) is 10.6 Å². The first kappa shape index (κ1) is 18.8. The molecule has 2 aromatic heterocycles. The van der Waals surface area contributed by atoms with Gasteiger partial charge < -0.3 is 14.4 Å². The molecule has 4 rings (SSSR count). The molecular weight excluding hydrogens is 372 g/mol. The number of urea groups is 1. The molecule has 0 aliphatic carbocycles. The molecule has 8 nitrogen and oxygen atoms in total. The maximum atomic E-state index is 12.8. The van der Waals surface area contributed by atoms with Gasteiger partial charge in [-0.1, -0.05) is 17.7 Å². The molecule has 0 radical (unpaired) electrons. The van der Waals surface area contributed by atoms with Crippen LogP contribution in [0.1, 0.15) is 18.4 Å². The first-order valence-electron chi connectivity index (χ1n) is 9.51. The van der Waals surface area contributed by atoms with E-state index in [1.165, 1.54) is 0 Å². The van der Waals surface area contributed by atoms with Crippen LogP contribution in [0.3, 0.4) is 0 Å². The highest BCUT2D eigenvalue weighted by Gasteiger charge is 2.27. The number of carboxylic acids is 1. The Labute approximate surface area is 167 Å². The third kappa shape index (κ3) is 4.01. The van der Waals surface area contributed by atoms with Crippen LogP contribution < -0.4 is 5.32 Å². The molecular formula is C21H22N4O4. The first-order valence-corrected chi connectivity index (χ1v) is 9.51. The van der Waals surface area contributed by atoms with E-state index in [1.54, 1.807) is 28.0 Å². The molecule has 0 saturated carbocycles. The van der Waals surface area contributed by atoms with Crippen LogP contribution >= 0.6 is 0 Å². The Morgan fingerprint density at radius 3 is 2.52 bits per heavy atom. The molecule has 1 fully saturated rings. The number of aromatic nitrogens is 2. The monoisotopic (exact) mass is 394 g/mol. The smallest absolute Gasteiger partial charge is 0.323 e. The normalized spacial score (nSPS) is 14.7. The van der Waals surface area contributed by atoms with Crippen molar-refractivity contribution in [3.63, 3.8) is 0 Å². The van der Waals surface area contributed by atoms with Gasteiger partial charge in [-0.15, -0.1) is 0 Å². The summed E-state index contributed by atoms with van der Waals surface area (Å²) in [6.45, 7) is 2.82. The molecule has 2 N–H and O–H groups in total. The standard InChI is InChI=1S/C21H22N4O4/c1-14-4-6-16(7-5-14)25-19(13-17(23-25)18-3-2-12-29-18)22-21(28)24-10-8-15(9-11-24)20(26)27/h2-7,12-13,15H,8-11H2,1H3,(H,22,28)(H,26,27). The molecule has 150 valence electrons. The Balaban J connectivity index is 1.58. The van der Waals surface area contributed by atoms with Crippen molar-refractivity contribution in [1.29, 1.82) is 0 Å². The zero-order valence-electron chi connectivity index (χ0n) is 16.0. The summed E-state index contributed by atoms with van der Waals surface area (Å²) in [5.41, 5.74) is 2.54. The topological polar surface area (TPSA) is 101 Å². The lowest BCUT2D eigenvalue weighted by Crippen LogP contribution is -2.42. The van der Waals surface area contributed by atoms with Gasteiger partial charge in [-0.05, 0) is 44.0 Å². The first-order chi connectivity index (χ1) is 14.0. The summed E-state index contributed by atoms with van der Waals surface area (Å²) >= 11 is 0. The molecule has 1 aromatic carbocycles. The molecule has 0 bridgehead atoms. The average Bonchev–Trinajstić information content (AvgIpc) is 3.39. The summed E-state index contributed by atoms with van der Waals surface area (Å²) in [5.74, 6) is -0.0625. The van der Waals surface area contributed by atoms with Crippen molar-refractivity contribution in [2.24, 2.45) is 5.92 Å². The molecule has 29 heavy (non-hydrogen) atoms. The summed E-state index contributed by atoms with van der Waals surface area (Å²) < 4.78 is 7.11. The van der Waals surface area contributed by atoms with E-state index >= 15 is 0 Å². The van der Waals surface area contributed by atoms with Crippen LogP contribution in [0.25, 0.3) is 17.1 Å². The molecule has 1 aliphatic rings. The van der Waals surface area contributed by atoms with E-state index in [-0.39, 0.29) is 11.9 Å². The van der Waals surface area contributed by atoms with E-state index in [2.05, 4.69) is 10.4 Å². The number of carboxylic acid groups (broad SMARTS) is 1. The Kier molecular flexibility index (Phi) is 5.07. The van der Waals surface area contributed by atoms with E-state index in [9.17, 15) is 9.59 Å². The number of carbonyl (C=O) groups is 2. The minimum atomic E-state index is -0.800. The number of anilines is 1. The Morgan fingerprint density at radius 1 is 1.17 bits per heavy atom. The number of rotatable bonds is 4. The fourth-order valence-electron chi connectivity index (χ4n) is 3.42. The number of piperidine rings is 1. The van der Waals surface area contributed by atoms with Crippen molar-refractivity contribution in [2.45, 2.75) is 19.8 Å². The van der Waals surface area contributed by atoms with Crippen molar-refractivity contribution in [3.05, 3.63) is 54.3 Å². The van der Waals surface area contributed by atoms with Crippen LogP contribution in [0, 0.1) is 12.8 Å². The second-order valence-corrected chi connectivity index (χ2v) is 7.17. The third-order valence-electron chi connectivity index (χ3n) is 5.13. The van der Waals surface area contributed by atoms with Gasteiger partial charge in [-0.2, -0.15) is 5.10 Å². The zero-order valence-corrected chi connectivity index (χ0v) is 16.0. The lowest BCUT2D eigenvalue weighted by atomic mass is 9.97. The van der Waals surface area contributed by atoms with Crippen LogP contribution in [0.2, 0.25) is 0 Å². The van der Waals surface area contributed by atoms with E-state index in [0.29, 0.717) is 43.2 Å². The highest BCUT2D eigenvalue weighted by atomic mass is 16.4. The second-order valence-electron chi connectivity index (χ2n) is 7.17. The van der Waals surface area contributed by atoms with E-state index in [0.717, 1.165) is 11.3 Å². The molecule has 3 heterocycles. The van der Waals surface area contributed by atoms with Gasteiger partial charge in [-0.25, -0.2) is 9.48 Å². The molecule has 1 aliphatic heterocycles. The molecule has 1 saturated heterocycles. The van der Waals surface area contributed by atoms with Gasteiger partial charge in [0.25, 0.3) is 0 Å². The quantitative estimate of drug-likeness (QED) is 0.702. The average molecular weight is 394 g/mol. The van der Waals surface area contributed by atoms with Crippen LogP contribution in [-0.4, -0.2) is 44.9 Å². The number of nitrogens with zero attached hydrogens (tertiary/aromatic N) is 3. The predicted octanol–water partition coefficient (Wildman–Crippen LogP) is 3.77. The number of hydrogen-bond donors (Lipinski definition) is 2. The molecule has 0 unspecified atom stereocenters. The molecule has 0 atom stereocenters. The molecule has 0 spiro atoms. The SMILES string of the molecule is Cc1ccc(-n2nc(-c3ccco3)cc2NC(=O)N2CCC(C(=O)O)CC2)cc1. The lowest BCUT2D eigenvalue weighted by Gasteiger charge is -2.30. The van der Waals surface area contributed by atoms with Crippen molar-refractivity contribution >= 4 is 17.8 Å². The number of benzene rings is 1. The third-order valence-corrected chi connectivity index (χ3v) is 5.13.